The van der Waals surface area contributed by atoms with Crippen molar-refractivity contribution in [2.75, 3.05) is 5.32 Å². The van der Waals surface area contributed by atoms with Gasteiger partial charge in [-0.15, -0.1) is 0 Å². The molecule has 0 aliphatic carbocycles. The fraction of sp³-hybridized carbons (Fsp3) is 0.267. The van der Waals surface area contributed by atoms with E-state index in [0.717, 1.165) is 11.8 Å². The molecular formula is C15H16ClN3O3S. The van der Waals surface area contributed by atoms with Crippen LogP contribution in [0.25, 0.3) is 0 Å². The molecule has 2 rings (SSSR count). The normalized spacial score (nSPS) is 12.0. The van der Waals surface area contributed by atoms with Gasteiger partial charge in [0.25, 0.3) is 5.56 Å². The number of nitrogens with one attached hydrogen (secondary N) is 2. The van der Waals surface area contributed by atoms with Gasteiger partial charge in [-0.2, -0.15) is 4.98 Å². The molecule has 1 unspecified atom stereocenters. The van der Waals surface area contributed by atoms with Crippen LogP contribution >= 0.6 is 23.4 Å². The lowest BCUT2D eigenvalue weighted by atomic mass is 10.2. The van der Waals surface area contributed by atoms with E-state index in [0.29, 0.717) is 17.1 Å². The number of H-pyrrole nitrogens is 1. The Morgan fingerprint density at radius 3 is 2.65 bits per heavy atom. The number of benzene rings is 1. The third-order valence-corrected chi connectivity index (χ3v) is 4.33. The zero-order chi connectivity index (χ0) is 17.0. The molecule has 1 amide bonds. The first-order valence-corrected chi connectivity index (χ1v) is 8.21. The van der Waals surface area contributed by atoms with Crippen molar-refractivity contribution < 1.29 is 9.90 Å². The highest BCUT2D eigenvalue weighted by atomic mass is 35.5. The minimum atomic E-state index is -0.513. The van der Waals surface area contributed by atoms with E-state index in [1.807, 2.05) is 0 Å². The Kier molecular flexibility index (Phi) is 5.68. The van der Waals surface area contributed by atoms with E-state index in [-0.39, 0.29) is 22.5 Å². The summed E-state index contributed by atoms with van der Waals surface area (Å²) in [5.74, 6) is -0.553. The lowest BCUT2D eigenvalue weighted by molar-refractivity contribution is -0.115. The van der Waals surface area contributed by atoms with E-state index in [1.165, 1.54) is 0 Å². The summed E-state index contributed by atoms with van der Waals surface area (Å²) in [5.41, 5.74) is 0.456. The Morgan fingerprint density at radius 1 is 1.43 bits per heavy atom. The van der Waals surface area contributed by atoms with E-state index < -0.39 is 10.8 Å². The number of hydrogen-bond acceptors (Lipinski definition) is 5. The maximum absolute atomic E-state index is 12.1. The molecule has 1 aromatic carbocycles. The van der Waals surface area contributed by atoms with Gasteiger partial charge in [0.2, 0.25) is 11.8 Å². The fourth-order valence-electron chi connectivity index (χ4n) is 1.84. The average molecular weight is 354 g/mol. The smallest absolute Gasteiger partial charge is 0.258 e. The maximum Gasteiger partial charge on any atom is 0.258 e. The van der Waals surface area contributed by atoms with Crippen molar-refractivity contribution in [3.8, 4) is 5.88 Å². The molecule has 0 saturated carbocycles. The molecule has 3 N–H and O–H groups in total. The molecule has 0 aliphatic rings. The van der Waals surface area contributed by atoms with Crippen molar-refractivity contribution in [3.63, 3.8) is 0 Å². The molecule has 0 aliphatic heterocycles. The van der Waals surface area contributed by atoms with E-state index in [1.54, 1.807) is 38.1 Å². The Labute approximate surface area is 142 Å². The Morgan fingerprint density at radius 2 is 2.09 bits per heavy atom. The van der Waals surface area contributed by atoms with Crippen LogP contribution in [0, 0.1) is 0 Å². The standard InChI is InChI=1S/C15H16ClN3O3S/c1-3-11-13(21)18-15(19-14(11)22)23-8(2)12(20)17-10-6-4-9(16)5-7-10/h4-8H,3H2,1-2H3,(H,17,20)(H2,18,19,21,22). The number of carbonyl (C=O) groups is 1. The highest BCUT2D eigenvalue weighted by Gasteiger charge is 2.17. The van der Waals surface area contributed by atoms with Gasteiger partial charge in [-0.3, -0.25) is 9.59 Å². The summed E-state index contributed by atoms with van der Waals surface area (Å²) in [6.45, 7) is 3.43. The number of aromatic amines is 1. The minimum absolute atomic E-state index is 0.198. The summed E-state index contributed by atoms with van der Waals surface area (Å²) in [5, 5.41) is 12.7. The third-order valence-electron chi connectivity index (χ3n) is 3.09. The van der Waals surface area contributed by atoms with Crippen LogP contribution in [0.5, 0.6) is 5.88 Å². The lowest BCUT2D eigenvalue weighted by Gasteiger charge is -2.12. The number of nitrogens with zero attached hydrogens (tertiary/aromatic N) is 1. The molecule has 6 nitrogen and oxygen atoms in total. The molecule has 0 bridgehead atoms. The number of hydrogen-bond donors (Lipinski definition) is 3. The predicted molar refractivity (Wildman–Crippen MR) is 91.3 cm³/mol. The molecular weight excluding hydrogens is 338 g/mol. The van der Waals surface area contributed by atoms with E-state index in [9.17, 15) is 14.7 Å². The SMILES string of the molecule is CCc1c(O)nc(SC(C)C(=O)Nc2ccc(Cl)cc2)[nH]c1=O. The number of rotatable bonds is 5. The monoisotopic (exact) mass is 353 g/mol. The fourth-order valence-corrected chi connectivity index (χ4v) is 2.76. The van der Waals surface area contributed by atoms with Crippen molar-refractivity contribution in [1.29, 1.82) is 0 Å². The lowest BCUT2D eigenvalue weighted by Crippen LogP contribution is -2.23. The van der Waals surface area contributed by atoms with Gasteiger partial charge in [0, 0.05) is 10.7 Å². The average Bonchev–Trinajstić information content (AvgIpc) is 2.49. The highest BCUT2D eigenvalue weighted by Crippen LogP contribution is 2.23. The number of aromatic nitrogens is 2. The van der Waals surface area contributed by atoms with E-state index >= 15 is 0 Å². The third kappa shape index (κ3) is 4.49. The summed E-state index contributed by atoms with van der Waals surface area (Å²) >= 11 is 6.85. The van der Waals surface area contributed by atoms with Crippen molar-refractivity contribution in [2.24, 2.45) is 0 Å². The number of halogens is 1. The second-order valence-electron chi connectivity index (χ2n) is 4.78. The van der Waals surface area contributed by atoms with Gasteiger partial charge in [0.15, 0.2) is 5.16 Å². The summed E-state index contributed by atoms with van der Waals surface area (Å²) in [7, 11) is 0. The predicted octanol–water partition coefficient (Wildman–Crippen LogP) is 2.81. The first-order valence-electron chi connectivity index (χ1n) is 6.96. The van der Waals surface area contributed by atoms with Crippen LogP contribution in [0.3, 0.4) is 0 Å². The van der Waals surface area contributed by atoms with Gasteiger partial charge in [0.05, 0.1) is 10.8 Å². The number of amides is 1. The number of anilines is 1. The van der Waals surface area contributed by atoms with Crippen molar-refractivity contribution in [2.45, 2.75) is 30.7 Å². The molecule has 0 saturated heterocycles. The molecule has 0 radical (unpaired) electrons. The molecule has 1 heterocycles. The molecule has 8 heteroatoms. The molecule has 122 valence electrons. The van der Waals surface area contributed by atoms with Crippen molar-refractivity contribution in [3.05, 3.63) is 45.2 Å². The van der Waals surface area contributed by atoms with E-state index in [2.05, 4.69) is 15.3 Å². The first kappa shape index (κ1) is 17.4. The zero-order valence-corrected chi connectivity index (χ0v) is 14.2. The van der Waals surface area contributed by atoms with Crippen LogP contribution in [0.4, 0.5) is 5.69 Å². The molecule has 0 fully saturated rings. The summed E-state index contributed by atoms with van der Waals surface area (Å²) < 4.78 is 0. The quantitative estimate of drug-likeness (QED) is 0.567. The van der Waals surface area contributed by atoms with Crippen LogP contribution < -0.4 is 10.9 Å². The van der Waals surface area contributed by atoms with Crippen LogP contribution in [-0.2, 0) is 11.2 Å². The minimum Gasteiger partial charge on any atom is -0.493 e. The van der Waals surface area contributed by atoms with Gasteiger partial charge in [-0.05, 0) is 37.6 Å². The Balaban J connectivity index is 2.06. The molecule has 2 aromatic rings. The van der Waals surface area contributed by atoms with Crippen LogP contribution in [-0.4, -0.2) is 26.2 Å². The number of carbonyl (C=O) groups excluding carboxylic acids is 1. The summed E-state index contributed by atoms with van der Waals surface area (Å²) in [6.07, 6.45) is 0.381. The highest BCUT2D eigenvalue weighted by molar-refractivity contribution is 8.00. The largest absolute Gasteiger partial charge is 0.493 e. The van der Waals surface area contributed by atoms with Gasteiger partial charge in [-0.1, -0.05) is 30.3 Å². The van der Waals surface area contributed by atoms with Crippen LogP contribution in [0.1, 0.15) is 19.4 Å². The Hall–Kier alpha value is -1.99. The second kappa shape index (κ2) is 7.52. The van der Waals surface area contributed by atoms with Gasteiger partial charge in [-0.25, -0.2) is 0 Å². The van der Waals surface area contributed by atoms with Gasteiger partial charge < -0.3 is 15.4 Å². The van der Waals surface area contributed by atoms with Gasteiger partial charge >= 0.3 is 0 Å². The second-order valence-corrected chi connectivity index (χ2v) is 6.55. The molecule has 0 spiro atoms. The van der Waals surface area contributed by atoms with Crippen LogP contribution in [0.2, 0.25) is 5.02 Å². The zero-order valence-electron chi connectivity index (χ0n) is 12.6. The first-order chi connectivity index (χ1) is 10.9. The number of thioether (sulfide) groups is 1. The summed E-state index contributed by atoms with van der Waals surface area (Å²) in [4.78, 5) is 30.4. The molecule has 1 atom stereocenters. The van der Waals surface area contributed by atoms with Crippen molar-refractivity contribution >= 4 is 35.0 Å². The topological polar surface area (TPSA) is 95.1 Å². The van der Waals surface area contributed by atoms with E-state index in [4.69, 9.17) is 11.6 Å². The Bertz CT molecular complexity index is 762. The number of aromatic hydroxyl groups is 1. The molecule has 23 heavy (non-hydrogen) atoms. The summed E-state index contributed by atoms with van der Waals surface area (Å²) in [6, 6.07) is 6.74. The van der Waals surface area contributed by atoms with Crippen molar-refractivity contribution in [1.82, 2.24) is 9.97 Å². The maximum atomic E-state index is 12.1. The van der Waals surface area contributed by atoms with Gasteiger partial charge in [0.1, 0.15) is 0 Å². The molecule has 1 aromatic heterocycles. The van der Waals surface area contributed by atoms with Crippen LogP contribution in [0.15, 0.2) is 34.2 Å².